The van der Waals surface area contributed by atoms with Crippen LogP contribution >= 0.6 is 22.9 Å². The van der Waals surface area contributed by atoms with Gasteiger partial charge in [0.05, 0.1) is 27.7 Å². The fourth-order valence-electron chi connectivity index (χ4n) is 4.56. The standard InChI is InChI=1S/C20H24ClN3OS/c21-18-8-1-2-9-19(18)23-20(25)22-14-11-15-5-3-6-16(12-14)24(15)13-17-7-4-10-26-17/h1-2,4,7-10,14-16H,3,5-6,11-13H2,(H2,22,23,25)/p+1/t14?,15-,16+. The number of fused-ring (bicyclic) bond motifs is 2. The van der Waals surface area contributed by atoms with Crippen molar-refractivity contribution in [1.82, 2.24) is 5.32 Å². The average Bonchev–Trinajstić information content (AvgIpc) is 3.11. The van der Waals surface area contributed by atoms with Crippen molar-refractivity contribution >= 4 is 34.7 Å². The van der Waals surface area contributed by atoms with E-state index in [0.29, 0.717) is 22.8 Å². The Morgan fingerprint density at radius 3 is 2.62 bits per heavy atom. The molecule has 4 atom stereocenters. The molecule has 26 heavy (non-hydrogen) atoms. The van der Waals surface area contributed by atoms with Crippen LogP contribution in [-0.4, -0.2) is 24.2 Å². The topological polar surface area (TPSA) is 45.6 Å². The van der Waals surface area contributed by atoms with Crippen LogP contribution < -0.4 is 15.5 Å². The molecule has 1 aromatic carbocycles. The maximum absolute atomic E-state index is 12.4. The van der Waals surface area contributed by atoms with Crippen molar-refractivity contribution in [2.24, 2.45) is 0 Å². The summed E-state index contributed by atoms with van der Waals surface area (Å²) >= 11 is 7.99. The van der Waals surface area contributed by atoms with Gasteiger partial charge in [0.15, 0.2) is 0 Å². The van der Waals surface area contributed by atoms with Crippen LogP contribution in [-0.2, 0) is 6.54 Å². The van der Waals surface area contributed by atoms with Gasteiger partial charge in [0.25, 0.3) is 0 Å². The number of anilines is 1. The van der Waals surface area contributed by atoms with Crippen molar-refractivity contribution in [3.05, 3.63) is 51.7 Å². The molecule has 2 fully saturated rings. The number of rotatable bonds is 4. The molecule has 0 saturated carbocycles. The lowest BCUT2D eigenvalue weighted by atomic mass is 9.81. The number of nitrogens with one attached hydrogen (secondary N) is 3. The number of quaternary nitrogens is 1. The third-order valence-corrected chi connectivity index (χ3v) is 6.91. The molecule has 4 nitrogen and oxygen atoms in total. The lowest BCUT2D eigenvalue weighted by Crippen LogP contribution is -3.20. The van der Waals surface area contributed by atoms with Crippen LogP contribution in [0.2, 0.25) is 5.02 Å². The number of hydrogen-bond acceptors (Lipinski definition) is 2. The summed E-state index contributed by atoms with van der Waals surface area (Å²) < 4.78 is 0. The van der Waals surface area contributed by atoms with Crippen LogP contribution in [0.5, 0.6) is 0 Å². The van der Waals surface area contributed by atoms with Gasteiger partial charge in [0, 0.05) is 18.9 Å². The van der Waals surface area contributed by atoms with Gasteiger partial charge in [0.2, 0.25) is 0 Å². The second kappa shape index (κ2) is 7.99. The second-order valence-electron chi connectivity index (χ2n) is 7.40. The average molecular weight is 391 g/mol. The van der Waals surface area contributed by atoms with E-state index in [0.717, 1.165) is 19.4 Å². The lowest BCUT2D eigenvalue weighted by Gasteiger charge is -2.45. The molecule has 2 aliphatic heterocycles. The molecule has 2 saturated heterocycles. The predicted octanol–water partition coefficient (Wildman–Crippen LogP) is 3.69. The Morgan fingerprint density at radius 1 is 1.15 bits per heavy atom. The monoisotopic (exact) mass is 390 g/mol. The molecule has 3 N–H and O–H groups in total. The van der Waals surface area contributed by atoms with Gasteiger partial charge in [-0.15, -0.1) is 11.3 Å². The van der Waals surface area contributed by atoms with Gasteiger partial charge in [-0.05, 0) is 42.8 Å². The van der Waals surface area contributed by atoms with Crippen molar-refractivity contribution in [2.45, 2.75) is 56.8 Å². The maximum atomic E-state index is 12.4. The largest absolute Gasteiger partial charge is 0.335 e. The Kier molecular flexibility index (Phi) is 5.48. The molecule has 138 valence electrons. The minimum absolute atomic E-state index is 0.150. The van der Waals surface area contributed by atoms with Crippen LogP contribution in [0.15, 0.2) is 41.8 Å². The second-order valence-corrected chi connectivity index (χ2v) is 8.84. The number of hydrogen-bond donors (Lipinski definition) is 3. The van der Waals surface area contributed by atoms with E-state index >= 15 is 0 Å². The van der Waals surface area contributed by atoms with Gasteiger partial charge in [-0.1, -0.05) is 29.8 Å². The summed E-state index contributed by atoms with van der Waals surface area (Å²) in [4.78, 5) is 15.6. The molecule has 0 radical (unpaired) electrons. The molecule has 1 aromatic heterocycles. The number of benzene rings is 1. The molecule has 6 heteroatoms. The van der Waals surface area contributed by atoms with Gasteiger partial charge in [-0.2, -0.15) is 0 Å². The highest BCUT2D eigenvalue weighted by molar-refractivity contribution is 7.09. The van der Waals surface area contributed by atoms with Gasteiger partial charge < -0.3 is 15.5 Å². The van der Waals surface area contributed by atoms with E-state index in [9.17, 15) is 4.79 Å². The Bertz CT molecular complexity index is 737. The number of piperidine rings is 2. The van der Waals surface area contributed by atoms with E-state index in [4.69, 9.17) is 11.6 Å². The van der Waals surface area contributed by atoms with Crippen LogP contribution in [0.1, 0.15) is 37.0 Å². The van der Waals surface area contributed by atoms with E-state index in [1.165, 1.54) is 24.1 Å². The van der Waals surface area contributed by atoms with Crippen molar-refractivity contribution in [3.63, 3.8) is 0 Å². The number of urea groups is 1. The number of amides is 2. The van der Waals surface area contributed by atoms with E-state index in [-0.39, 0.29) is 12.1 Å². The molecule has 2 bridgehead atoms. The third-order valence-electron chi connectivity index (χ3n) is 5.71. The smallest absolute Gasteiger partial charge is 0.319 e. The van der Waals surface area contributed by atoms with Crippen molar-refractivity contribution in [2.75, 3.05) is 5.32 Å². The van der Waals surface area contributed by atoms with Crippen molar-refractivity contribution in [1.29, 1.82) is 0 Å². The van der Waals surface area contributed by atoms with E-state index in [1.807, 2.05) is 29.5 Å². The van der Waals surface area contributed by atoms with Gasteiger partial charge >= 0.3 is 6.03 Å². The third kappa shape index (κ3) is 4.05. The Balaban J connectivity index is 1.36. The molecule has 3 heterocycles. The first-order valence-electron chi connectivity index (χ1n) is 9.39. The number of thiophene rings is 1. The number of carbonyl (C=O) groups excluding carboxylic acids is 1. The number of carbonyl (C=O) groups is 1. The summed E-state index contributed by atoms with van der Waals surface area (Å²) in [6, 6.07) is 13.1. The summed E-state index contributed by atoms with van der Waals surface area (Å²) in [7, 11) is 0. The van der Waals surface area contributed by atoms with Crippen LogP contribution in [0.4, 0.5) is 10.5 Å². The molecule has 0 spiro atoms. The van der Waals surface area contributed by atoms with Crippen LogP contribution in [0.25, 0.3) is 0 Å². The fourth-order valence-corrected chi connectivity index (χ4v) is 5.49. The summed E-state index contributed by atoms with van der Waals surface area (Å²) in [5.41, 5.74) is 0.660. The van der Waals surface area contributed by atoms with Crippen LogP contribution in [0.3, 0.4) is 0 Å². The Hall–Kier alpha value is -1.56. The first kappa shape index (κ1) is 17.8. The zero-order valence-electron chi connectivity index (χ0n) is 14.7. The minimum Gasteiger partial charge on any atom is -0.335 e. The molecular weight excluding hydrogens is 366 g/mol. The Labute approximate surface area is 163 Å². The number of para-hydroxylation sites is 1. The zero-order chi connectivity index (χ0) is 17.9. The summed E-state index contributed by atoms with van der Waals surface area (Å²) in [6.07, 6.45) is 5.98. The SMILES string of the molecule is O=C(Nc1ccccc1Cl)NC1C[C@H]2CCC[C@@H](C1)[NH+]2Cc1cccs1. The number of halogens is 1. The van der Waals surface area contributed by atoms with E-state index < -0.39 is 0 Å². The highest BCUT2D eigenvalue weighted by atomic mass is 35.5. The normalized spacial score (nSPS) is 27.7. The molecule has 2 unspecified atom stereocenters. The van der Waals surface area contributed by atoms with Crippen LogP contribution in [0, 0.1) is 0 Å². The first-order chi connectivity index (χ1) is 12.7. The van der Waals surface area contributed by atoms with Gasteiger partial charge in [-0.3, -0.25) is 0 Å². The molecule has 0 aliphatic carbocycles. The molecule has 4 rings (SSSR count). The predicted molar refractivity (Wildman–Crippen MR) is 107 cm³/mol. The van der Waals surface area contributed by atoms with Crippen molar-refractivity contribution < 1.29 is 9.69 Å². The lowest BCUT2D eigenvalue weighted by molar-refractivity contribution is -0.973. The molecular formula is C20H25ClN3OS+. The summed E-state index contributed by atoms with van der Waals surface area (Å²) in [5.74, 6) is 0. The fraction of sp³-hybridized carbons (Fsp3) is 0.450. The Morgan fingerprint density at radius 2 is 1.92 bits per heavy atom. The van der Waals surface area contributed by atoms with E-state index in [1.54, 1.807) is 11.0 Å². The summed E-state index contributed by atoms with van der Waals surface area (Å²) in [5, 5.41) is 8.80. The van der Waals surface area contributed by atoms with E-state index in [2.05, 4.69) is 28.1 Å². The molecule has 2 aromatic rings. The van der Waals surface area contributed by atoms with Gasteiger partial charge in [0.1, 0.15) is 6.54 Å². The quantitative estimate of drug-likeness (QED) is 0.732. The highest BCUT2D eigenvalue weighted by Gasteiger charge is 2.42. The first-order valence-corrected chi connectivity index (χ1v) is 10.6. The highest BCUT2D eigenvalue weighted by Crippen LogP contribution is 2.24. The van der Waals surface area contributed by atoms with Crippen molar-refractivity contribution in [3.8, 4) is 0 Å². The molecule has 2 amide bonds. The maximum Gasteiger partial charge on any atom is 0.319 e. The zero-order valence-corrected chi connectivity index (χ0v) is 16.3. The molecule has 2 aliphatic rings. The summed E-state index contributed by atoms with van der Waals surface area (Å²) in [6.45, 7) is 1.13. The minimum atomic E-state index is -0.150. The van der Waals surface area contributed by atoms with Gasteiger partial charge in [-0.25, -0.2) is 4.79 Å².